The van der Waals surface area contributed by atoms with Crippen molar-refractivity contribution in [2.75, 3.05) is 4.90 Å². The zero-order chi connectivity index (χ0) is 40.0. The van der Waals surface area contributed by atoms with Crippen molar-refractivity contribution in [3.05, 3.63) is 205 Å². The number of benzene rings is 9. The van der Waals surface area contributed by atoms with Crippen LogP contribution in [0.5, 0.6) is 0 Å². The number of anilines is 3. The maximum atomic E-state index is 6.37. The Morgan fingerprint density at radius 1 is 0.433 bits per heavy atom. The lowest BCUT2D eigenvalue weighted by molar-refractivity contribution is 0.620. The molecular formula is C56H38N2O2. The Balaban J connectivity index is 0.982. The predicted octanol–water partition coefficient (Wildman–Crippen LogP) is 15.7. The van der Waals surface area contributed by atoms with Gasteiger partial charge >= 0.3 is 0 Å². The second kappa shape index (κ2) is 13.2. The Kier molecular flexibility index (Phi) is 7.54. The summed E-state index contributed by atoms with van der Waals surface area (Å²) in [6, 6.07) is 69.4. The Morgan fingerprint density at radius 3 is 2.03 bits per heavy atom. The van der Waals surface area contributed by atoms with Crippen LogP contribution in [0.2, 0.25) is 0 Å². The van der Waals surface area contributed by atoms with E-state index in [2.05, 4.69) is 176 Å². The quantitative estimate of drug-likeness (QED) is 0.169. The lowest BCUT2D eigenvalue weighted by Gasteiger charge is -2.29. The summed E-state index contributed by atoms with van der Waals surface area (Å²) in [4.78, 5) is 7.21. The van der Waals surface area contributed by atoms with Crippen LogP contribution in [-0.4, -0.2) is 4.98 Å². The molecule has 0 unspecified atom stereocenters. The number of hydrogen-bond acceptors (Lipinski definition) is 4. The summed E-state index contributed by atoms with van der Waals surface area (Å²) >= 11 is 0. The number of hydrogen-bond donors (Lipinski definition) is 0. The summed E-state index contributed by atoms with van der Waals surface area (Å²) < 4.78 is 12.6. The van der Waals surface area contributed by atoms with Crippen LogP contribution in [-0.2, 0) is 5.41 Å². The van der Waals surface area contributed by atoms with Gasteiger partial charge in [0.2, 0.25) is 5.89 Å². The highest BCUT2D eigenvalue weighted by atomic mass is 16.4. The van der Waals surface area contributed by atoms with Gasteiger partial charge in [-0.2, -0.15) is 0 Å². The largest absolute Gasteiger partial charge is 0.456 e. The smallest absolute Gasteiger partial charge is 0.227 e. The van der Waals surface area contributed by atoms with E-state index >= 15 is 0 Å². The van der Waals surface area contributed by atoms with E-state index in [1.807, 2.05) is 36.4 Å². The van der Waals surface area contributed by atoms with Crippen LogP contribution in [0, 0.1) is 0 Å². The van der Waals surface area contributed by atoms with Crippen LogP contribution in [0.3, 0.4) is 0 Å². The fourth-order valence-electron chi connectivity index (χ4n) is 9.52. The lowest BCUT2D eigenvalue weighted by Crippen LogP contribution is -2.16. The molecule has 0 atom stereocenters. The monoisotopic (exact) mass is 770 g/mol. The summed E-state index contributed by atoms with van der Waals surface area (Å²) in [5.74, 6) is 0.603. The van der Waals surface area contributed by atoms with Crippen molar-refractivity contribution < 1.29 is 8.83 Å². The molecule has 12 rings (SSSR count). The van der Waals surface area contributed by atoms with E-state index in [0.717, 1.165) is 66.8 Å². The van der Waals surface area contributed by atoms with Crippen LogP contribution < -0.4 is 4.90 Å². The van der Waals surface area contributed by atoms with Gasteiger partial charge < -0.3 is 13.7 Å². The van der Waals surface area contributed by atoms with Crippen molar-refractivity contribution in [3.63, 3.8) is 0 Å². The van der Waals surface area contributed by atoms with Crippen molar-refractivity contribution in [3.8, 4) is 44.8 Å². The Hall–Kier alpha value is -7.69. The molecule has 0 fully saturated rings. The van der Waals surface area contributed by atoms with Gasteiger partial charge in [-0.05, 0) is 110 Å². The highest BCUT2D eigenvalue weighted by molar-refractivity contribution is 6.10. The Morgan fingerprint density at radius 2 is 1.13 bits per heavy atom. The van der Waals surface area contributed by atoms with Gasteiger partial charge in [0.1, 0.15) is 16.7 Å². The highest BCUT2D eigenvalue weighted by Gasteiger charge is 2.37. The standard InChI is InChI=1S/C56H38N2O2/c1-56(2)47-22-9-8-20-44(47)54-48(56)23-12-24-50(54)58(41-18-10-17-39(31-41)43-21-11-16-36-13-6-7-19-42(36)43)40-28-25-35(26-29-40)38-27-30-51-45(32-38)46-33-53-49(34-52(46)59-51)57-55(60-53)37-14-4-3-5-15-37/h3-34H,1-2H3. The molecule has 0 bridgehead atoms. The summed E-state index contributed by atoms with van der Waals surface area (Å²) in [7, 11) is 0. The van der Waals surface area contributed by atoms with Gasteiger partial charge in [-0.25, -0.2) is 4.98 Å². The normalized spacial score (nSPS) is 13.0. The number of fused-ring (bicyclic) bond motifs is 8. The number of nitrogens with zero attached hydrogens (tertiary/aromatic N) is 2. The summed E-state index contributed by atoms with van der Waals surface area (Å²) in [6.07, 6.45) is 0. The second-order valence-corrected chi connectivity index (χ2v) is 16.3. The molecule has 1 aliphatic rings. The first-order chi connectivity index (χ1) is 29.5. The van der Waals surface area contributed by atoms with E-state index in [1.165, 1.54) is 44.2 Å². The Labute approximate surface area is 347 Å². The average Bonchev–Trinajstić information content (AvgIpc) is 3.95. The van der Waals surface area contributed by atoms with Crippen molar-refractivity contribution in [2.45, 2.75) is 19.3 Å². The number of rotatable bonds is 6. The van der Waals surface area contributed by atoms with E-state index in [-0.39, 0.29) is 5.41 Å². The summed E-state index contributed by atoms with van der Waals surface area (Å²) in [6.45, 7) is 4.69. The zero-order valence-corrected chi connectivity index (χ0v) is 33.2. The molecule has 0 saturated carbocycles. The molecule has 0 amide bonds. The molecule has 4 heteroatoms. The molecule has 9 aromatic carbocycles. The van der Waals surface area contributed by atoms with Gasteiger partial charge in [-0.3, -0.25) is 0 Å². The van der Waals surface area contributed by atoms with Gasteiger partial charge in [-0.15, -0.1) is 0 Å². The topological polar surface area (TPSA) is 42.4 Å². The molecule has 0 aliphatic heterocycles. The zero-order valence-electron chi connectivity index (χ0n) is 33.2. The molecule has 284 valence electrons. The van der Waals surface area contributed by atoms with Gasteiger partial charge in [0, 0.05) is 44.8 Å². The molecule has 2 heterocycles. The molecule has 11 aromatic rings. The van der Waals surface area contributed by atoms with E-state index < -0.39 is 0 Å². The number of aromatic nitrogens is 1. The molecule has 0 saturated heterocycles. The van der Waals surface area contributed by atoms with Crippen LogP contribution in [0.1, 0.15) is 25.0 Å². The minimum Gasteiger partial charge on any atom is -0.456 e. The first-order valence-corrected chi connectivity index (χ1v) is 20.5. The first kappa shape index (κ1) is 34.4. The fraction of sp³-hybridized carbons (Fsp3) is 0.0536. The van der Waals surface area contributed by atoms with Crippen LogP contribution in [0.15, 0.2) is 203 Å². The maximum absolute atomic E-state index is 6.37. The molecular weight excluding hydrogens is 733 g/mol. The molecule has 60 heavy (non-hydrogen) atoms. The van der Waals surface area contributed by atoms with Crippen LogP contribution >= 0.6 is 0 Å². The molecule has 2 aromatic heterocycles. The average molecular weight is 771 g/mol. The fourth-order valence-corrected chi connectivity index (χ4v) is 9.52. The van der Waals surface area contributed by atoms with Crippen molar-refractivity contribution in [2.24, 2.45) is 0 Å². The van der Waals surface area contributed by atoms with E-state index in [9.17, 15) is 0 Å². The maximum Gasteiger partial charge on any atom is 0.227 e. The second-order valence-electron chi connectivity index (χ2n) is 16.3. The van der Waals surface area contributed by atoms with Crippen molar-refractivity contribution >= 4 is 60.9 Å². The predicted molar refractivity (Wildman–Crippen MR) is 247 cm³/mol. The summed E-state index contributed by atoms with van der Waals surface area (Å²) in [5.41, 5.74) is 17.2. The van der Waals surface area contributed by atoms with Crippen LogP contribution in [0.25, 0.3) is 88.6 Å². The van der Waals surface area contributed by atoms with Crippen molar-refractivity contribution in [1.29, 1.82) is 0 Å². The SMILES string of the molecule is CC1(C)c2ccccc2-c2c(N(c3ccc(-c4ccc5oc6cc7nc(-c8ccccc8)oc7cc6c5c4)cc3)c3cccc(-c4cccc5ccccc45)c3)cccc21. The molecule has 4 nitrogen and oxygen atoms in total. The van der Waals surface area contributed by atoms with Gasteiger partial charge in [0.05, 0.1) is 5.69 Å². The van der Waals surface area contributed by atoms with Gasteiger partial charge in [0.15, 0.2) is 5.58 Å². The lowest BCUT2D eigenvalue weighted by atomic mass is 9.82. The van der Waals surface area contributed by atoms with E-state index in [1.54, 1.807) is 0 Å². The minimum atomic E-state index is -0.123. The van der Waals surface area contributed by atoms with Crippen LogP contribution in [0.4, 0.5) is 17.1 Å². The number of furan rings is 1. The van der Waals surface area contributed by atoms with E-state index in [0.29, 0.717) is 5.89 Å². The first-order valence-electron chi connectivity index (χ1n) is 20.5. The molecule has 0 N–H and O–H groups in total. The molecule has 1 aliphatic carbocycles. The van der Waals surface area contributed by atoms with Crippen molar-refractivity contribution in [1.82, 2.24) is 4.98 Å². The summed E-state index contributed by atoms with van der Waals surface area (Å²) in [5, 5.41) is 4.52. The van der Waals surface area contributed by atoms with Gasteiger partial charge in [0.25, 0.3) is 0 Å². The molecule has 0 spiro atoms. The minimum absolute atomic E-state index is 0.123. The third kappa shape index (κ3) is 5.34. The number of oxazole rings is 1. The molecule has 0 radical (unpaired) electrons. The van der Waals surface area contributed by atoms with E-state index in [4.69, 9.17) is 13.8 Å². The highest BCUT2D eigenvalue weighted by Crippen LogP contribution is 2.54. The Bertz CT molecular complexity index is 3460. The third-order valence-electron chi connectivity index (χ3n) is 12.5. The third-order valence-corrected chi connectivity index (χ3v) is 12.5. The van der Waals surface area contributed by atoms with Gasteiger partial charge in [-0.1, -0.05) is 141 Å².